The molecule has 0 aromatic carbocycles. The molecule has 1 aromatic heterocycles. The number of nitrogens with one attached hydrogen (secondary N) is 1. The Bertz CT molecular complexity index is 296. The molecule has 0 saturated carbocycles. The minimum Gasteiger partial charge on any atom is -0.371 e. The van der Waals surface area contributed by atoms with Gasteiger partial charge in [-0.3, -0.25) is 4.98 Å². The Labute approximate surface area is 85.5 Å². The van der Waals surface area contributed by atoms with Crippen molar-refractivity contribution in [1.82, 2.24) is 10.3 Å². The zero-order chi connectivity index (χ0) is 10.4. The molecule has 3 heteroatoms. The highest BCUT2D eigenvalue weighted by Crippen LogP contribution is 2.12. The normalized spacial score (nSPS) is 9.86. The summed E-state index contributed by atoms with van der Waals surface area (Å²) in [5.41, 5.74) is 2.23. The number of rotatable bonds is 5. The van der Waals surface area contributed by atoms with Crippen LogP contribution in [0.3, 0.4) is 0 Å². The zero-order valence-corrected chi connectivity index (χ0v) is 8.83. The SMILES string of the molecule is C=CCN(C)c1ccnc(CNC)c1. The van der Waals surface area contributed by atoms with E-state index in [1.807, 2.05) is 32.4 Å². The van der Waals surface area contributed by atoms with Crippen molar-refractivity contribution in [3.8, 4) is 0 Å². The Morgan fingerprint density at radius 3 is 3.07 bits per heavy atom. The lowest BCUT2D eigenvalue weighted by Crippen LogP contribution is -2.17. The fourth-order valence-corrected chi connectivity index (χ4v) is 1.28. The molecule has 0 fully saturated rings. The molecule has 0 spiro atoms. The average Bonchev–Trinajstić information content (AvgIpc) is 2.19. The van der Waals surface area contributed by atoms with Crippen LogP contribution in [0.1, 0.15) is 5.69 Å². The van der Waals surface area contributed by atoms with Crippen molar-refractivity contribution in [2.45, 2.75) is 6.54 Å². The van der Waals surface area contributed by atoms with Crippen LogP contribution in [-0.4, -0.2) is 25.6 Å². The van der Waals surface area contributed by atoms with Crippen LogP contribution in [0, 0.1) is 0 Å². The summed E-state index contributed by atoms with van der Waals surface area (Å²) in [6, 6.07) is 4.09. The van der Waals surface area contributed by atoms with Crippen molar-refractivity contribution in [3.63, 3.8) is 0 Å². The number of hydrogen-bond donors (Lipinski definition) is 1. The van der Waals surface area contributed by atoms with Gasteiger partial charge in [0.15, 0.2) is 0 Å². The van der Waals surface area contributed by atoms with Gasteiger partial charge in [-0.25, -0.2) is 0 Å². The van der Waals surface area contributed by atoms with Crippen molar-refractivity contribution in [2.75, 3.05) is 25.5 Å². The van der Waals surface area contributed by atoms with Crippen LogP contribution >= 0.6 is 0 Å². The third-order valence-corrected chi connectivity index (χ3v) is 2.00. The first-order chi connectivity index (χ1) is 6.77. The highest BCUT2D eigenvalue weighted by Gasteiger charge is 1.99. The molecule has 0 bridgehead atoms. The molecule has 0 aliphatic rings. The standard InChI is InChI=1S/C11H17N3/c1-4-7-14(3)11-5-6-13-10(8-11)9-12-2/h4-6,8,12H,1,7,9H2,2-3H3. The first-order valence-corrected chi connectivity index (χ1v) is 4.69. The maximum absolute atomic E-state index is 4.26. The molecule has 14 heavy (non-hydrogen) atoms. The van der Waals surface area contributed by atoms with E-state index in [2.05, 4.69) is 27.8 Å². The van der Waals surface area contributed by atoms with Crippen LogP contribution in [0.2, 0.25) is 0 Å². The fourth-order valence-electron chi connectivity index (χ4n) is 1.28. The fraction of sp³-hybridized carbons (Fsp3) is 0.364. The van der Waals surface area contributed by atoms with Crippen molar-refractivity contribution < 1.29 is 0 Å². The highest BCUT2D eigenvalue weighted by molar-refractivity contribution is 5.46. The Hall–Kier alpha value is -1.35. The predicted octanol–water partition coefficient (Wildman–Crippen LogP) is 1.42. The molecule has 0 atom stereocenters. The largest absolute Gasteiger partial charge is 0.371 e. The molecule has 1 N–H and O–H groups in total. The summed E-state index contributed by atoms with van der Waals surface area (Å²) in [4.78, 5) is 6.39. The van der Waals surface area contributed by atoms with E-state index in [1.54, 1.807) is 0 Å². The lowest BCUT2D eigenvalue weighted by atomic mass is 10.3. The van der Waals surface area contributed by atoms with Crippen LogP contribution in [0.4, 0.5) is 5.69 Å². The van der Waals surface area contributed by atoms with E-state index in [-0.39, 0.29) is 0 Å². The smallest absolute Gasteiger partial charge is 0.0562 e. The molecule has 3 nitrogen and oxygen atoms in total. The topological polar surface area (TPSA) is 28.2 Å². The van der Waals surface area contributed by atoms with Gasteiger partial charge in [0.25, 0.3) is 0 Å². The van der Waals surface area contributed by atoms with Gasteiger partial charge in [-0.1, -0.05) is 6.08 Å². The molecule has 1 rings (SSSR count). The predicted molar refractivity (Wildman–Crippen MR) is 60.5 cm³/mol. The molecule has 1 aromatic rings. The average molecular weight is 191 g/mol. The molecular weight excluding hydrogens is 174 g/mol. The van der Waals surface area contributed by atoms with E-state index in [4.69, 9.17) is 0 Å². The first kappa shape index (κ1) is 10.7. The third-order valence-electron chi connectivity index (χ3n) is 2.00. The van der Waals surface area contributed by atoms with E-state index in [1.165, 1.54) is 5.69 Å². The molecule has 0 aliphatic heterocycles. The van der Waals surface area contributed by atoms with E-state index in [0.29, 0.717) is 0 Å². The Morgan fingerprint density at radius 1 is 1.64 bits per heavy atom. The van der Waals surface area contributed by atoms with Gasteiger partial charge < -0.3 is 10.2 Å². The lowest BCUT2D eigenvalue weighted by Gasteiger charge is -2.17. The molecule has 76 valence electrons. The molecule has 0 amide bonds. The van der Waals surface area contributed by atoms with Crippen molar-refractivity contribution in [3.05, 3.63) is 36.7 Å². The minimum atomic E-state index is 0.801. The molecule has 0 radical (unpaired) electrons. The van der Waals surface area contributed by atoms with Crippen LogP contribution < -0.4 is 10.2 Å². The number of likely N-dealkylation sites (N-methyl/N-ethyl adjacent to an activating group) is 1. The summed E-state index contributed by atoms with van der Waals surface area (Å²) in [7, 11) is 3.96. The second-order valence-electron chi connectivity index (χ2n) is 3.20. The van der Waals surface area contributed by atoms with Crippen molar-refractivity contribution in [2.24, 2.45) is 0 Å². The van der Waals surface area contributed by atoms with Gasteiger partial charge in [0.05, 0.1) is 5.69 Å². The Balaban J connectivity index is 2.76. The van der Waals surface area contributed by atoms with E-state index < -0.39 is 0 Å². The summed E-state index contributed by atoms with van der Waals surface area (Å²) < 4.78 is 0. The van der Waals surface area contributed by atoms with Crippen molar-refractivity contribution >= 4 is 5.69 Å². The second kappa shape index (κ2) is 5.40. The van der Waals surface area contributed by atoms with Gasteiger partial charge in [-0.15, -0.1) is 6.58 Å². The number of aromatic nitrogens is 1. The van der Waals surface area contributed by atoms with Crippen LogP contribution in [0.25, 0.3) is 0 Å². The summed E-state index contributed by atoms with van der Waals surface area (Å²) in [6.45, 7) is 5.37. The van der Waals surface area contributed by atoms with Gasteiger partial charge in [-0.2, -0.15) is 0 Å². The number of anilines is 1. The molecule has 0 aliphatic carbocycles. The summed E-state index contributed by atoms with van der Waals surface area (Å²) in [5, 5.41) is 3.08. The van der Waals surface area contributed by atoms with E-state index in [9.17, 15) is 0 Å². The van der Waals surface area contributed by atoms with Gasteiger partial charge in [0.1, 0.15) is 0 Å². The quantitative estimate of drug-likeness (QED) is 0.713. The molecular formula is C11H17N3. The van der Waals surface area contributed by atoms with Gasteiger partial charge in [0.2, 0.25) is 0 Å². The number of hydrogen-bond acceptors (Lipinski definition) is 3. The summed E-state index contributed by atoms with van der Waals surface area (Å²) in [5.74, 6) is 0. The van der Waals surface area contributed by atoms with E-state index in [0.717, 1.165) is 18.8 Å². The second-order valence-corrected chi connectivity index (χ2v) is 3.20. The van der Waals surface area contributed by atoms with Gasteiger partial charge in [0, 0.05) is 32.0 Å². The third kappa shape index (κ3) is 2.85. The monoisotopic (exact) mass is 191 g/mol. The van der Waals surface area contributed by atoms with E-state index >= 15 is 0 Å². The van der Waals surface area contributed by atoms with Crippen LogP contribution in [0.15, 0.2) is 31.0 Å². The Kier molecular flexibility index (Phi) is 4.13. The molecule has 0 unspecified atom stereocenters. The van der Waals surface area contributed by atoms with Crippen LogP contribution in [0.5, 0.6) is 0 Å². The maximum atomic E-state index is 4.26. The van der Waals surface area contributed by atoms with Gasteiger partial charge >= 0.3 is 0 Å². The molecule has 0 saturated heterocycles. The maximum Gasteiger partial charge on any atom is 0.0562 e. The number of nitrogens with zero attached hydrogens (tertiary/aromatic N) is 2. The van der Waals surface area contributed by atoms with Crippen LogP contribution in [-0.2, 0) is 6.54 Å². The number of pyridine rings is 1. The first-order valence-electron chi connectivity index (χ1n) is 4.69. The Morgan fingerprint density at radius 2 is 2.43 bits per heavy atom. The minimum absolute atomic E-state index is 0.801. The summed E-state index contributed by atoms with van der Waals surface area (Å²) in [6.07, 6.45) is 3.72. The van der Waals surface area contributed by atoms with Crippen molar-refractivity contribution in [1.29, 1.82) is 0 Å². The summed E-state index contributed by atoms with van der Waals surface area (Å²) >= 11 is 0. The highest BCUT2D eigenvalue weighted by atomic mass is 15.1. The lowest BCUT2D eigenvalue weighted by molar-refractivity contribution is 0.790. The zero-order valence-electron chi connectivity index (χ0n) is 8.83. The molecule has 1 heterocycles. The van der Waals surface area contributed by atoms with Gasteiger partial charge in [-0.05, 0) is 19.2 Å².